The van der Waals surface area contributed by atoms with E-state index in [0.717, 1.165) is 16.7 Å². The van der Waals surface area contributed by atoms with Crippen LogP contribution in [0.25, 0.3) is 0 Å². The van der Waals surface area contributed by atoms with Gasteiger partial charge in [-0.1, -0.05) is 66.7 Å². The monoisotopic (exact) mass is 290 g/mol. The van der Waals surface area contributed by atoms with Gasteiger partial charge in [0.15, 0.2) is 5.60 Å². The van der Waals surface area contributed by atoms with Crippen LogP contribution < -0.4 is 4.74 Å². The van der Waals surface area contributed by atoms with Gasteiger partial charge in [0.2, 0.25) is 0 Å². The van der Waals surface area contributed by atoms with Crippen molar-refractivity contribution in [2.45, 2.75) is 5.60 Å². The number of ether oxygens (including phenoxy) is 1. The van der Waals surface area contributed by atoms with Crippen molar-refractivity contribution in [1.29, 1.82) is 0 Å². The zero-order valence-electron chi connectivity index (χ0n) is 11.8. The lowest BCUT2D eigenvalue weighted by Gasteiger charge is -2.37. The fourth-order valence-corrected chi connectivity index (χ4v) is 3.09. The Morgan fingerprint density at radius 1 is 0.682 bits per heavy atom. The second-order valence-corrected chi connectivity index (χ2v) is 5.23. The van der Waals surface area contributed by atoms with Crippen molar-refractivity contribution in [3.63, 3.8) is 0 Å². The van der Waals surface area contributed by atoms with Crippen molar-refractivity contribution in [2.24, 2.45) is 0 Å². The van der Waals surface area contributed by atoms with E-state index in [0.29, 0.717) is 11.5 Å². The van der Waals surface area contributed by atoms with E-state index in [2.05, 4.69) is 0 Å². The lowest BCUT2D eigenvalue weighted by atomic mass is 9.78. The molecule has 1 aliphatic rings. The molecule has 4 rings (SSSR count). The third-order valence-electron chi connectivity index (χ3n) is 4.07. The van der Waals surface area contributed by atoms with Gasteiger partial charge < -0.3 is 4.74 Å². The smallest absolute Gasteiger partial charge is 0.185 e. The van der Waals surface area contributed by atoms with Gasteiger partial charge in [0.25, 0.3) is 0 Å². The predicted octanol–water partition coefficient (Wildman–Crippen LogP) is 4.57. The van der Waals surface area contributed by atoms with Gasteiger partial charge >= 0.3 is 0 Å². The van der Waals surface area contributed by atoms with Crippen molar-refractivity contribution in [3.05, 3.63) is 95.6 Å². The molecule has 0 saturated heterocycles. The molecule has 0 bridgehead atoms. The highest BCUT2D eigenvalue weighted by atomic mass is 17.1. The molecule has 0 radical (unpaired) electrons. The summed E-state index contributed by atoms with van der Waals surface area (Å²) in [5.74, 6) is 1.36. The minimum atomic E-state index is -1.09. The fourth-order valence-electron chi connectivity index (χ4n) is 3.09. The molecule has 1 aliphatic heterocycles. The summed E-state index contributed by atoms with van der Waals surface area (Å²) < 4.78 is 5.96. The first kappa shape index (κ1) is 13.1. The molecule has 0 amide bonds. The lowest BCUT2D eigenvalue weighted by Crippen LogP contribution is -2.34. The van der Waals surface area contributed by atoms with Gasteiger partial charge in [0.05, 0.1) is 0 Å². The highest BCUT2D eigenvalue weighted by molar-refractivity contribution is 5.60. The molecule has 3 nitrogen and oxygen atoms in total. The van der Waals surface area contributed by atoms with Crippen LogP contribution in [-0.4, -0.2) is 5.26 Å². The van der Waals surface area contributed by atoms with E-state index in [4.69, 9.17) is 9.62 Å². The summed E-state index contributed by atoms with van der Waals surface area (Å²) in [5.41, 5.74) is 1.32. The average molecular weight is 290 g/mol. The van der Waals surface area contributed by atoms with Crippen LogP contribution >= 0.6 is 0 Å². The third kappa shape index (κ3) is 1.70. The van der Waals surface area contributed by atoms with Crippen LogP contribution in [0.2, 0.25) is 0 Å². The number of fused-ring (bicyclic) bond motifs is 2. The first-order chi connectivity index (χ1) is 10.9. The summed E-state index contributed by atoms with van der Waals surface area (Å²) in [5, 5.41) is 9.93. The summed E-state index contributed by atoms with van der Waals surface area (Å²) in [4.78, 5) is 5.14. The van der Waals surface area contributed by atoms with E-state index in [1.54, 1.807) is 0 Å². The van der Waals surface area contributed by atoms with Crippen molar-refractivity contribution >= 4 is 0 Å². The van der Waals surface area contributed by atoms with Gasteiger partial charge in [-0.2, -0.15) is 0 Å². The Bertz CT molecular complexity index is 766. The predicted molar refractivity (Wildman–Crippen MR) is 83.0 cm³/mol. The van der Waals surface area contributed by atoms with Crippen LogP contribution in [0.5, 0.6) is 11.5 Å². The van der Waals surface area contributed by atoms with E-state index in [1.807, 2.05) is 78.9 Å². The molecule has 0 fully saturated rings. The molecule has 108 valence electrons. The van der Waals surface area contributed by atoms with Gasteiger partial charge in [-0.15, -0.1) is 0 Å². The topological polar surface area (TPSA) is 38.7 Å². The van der Waals surface area contributed by atoms with E-state index < -0.39 is 5.60 Å². The van der Waals surface area contributed by atoms with Crippen LogP contribution in [0.15, 0.2) is 78.9 Å². The first-order valence-electron chi connectivity index (χ1n) is 7.11. The standard InChI is InChI=1S/C19H14O3/c20-22-19(14-8-2-1-3-9-14)15-10-4-6-12-17(15)21-18-13-7-5-11-16(18)19/h1-13,20H. The lowest BCUT2D eigenvalue weighted by molar-refractivity contribution is -0.303. The van der Waals surface area contributed by atoms with Gasteiger partial charge in [-0.05, 0) is 17.7 Å². The second kappa shape index (κ2) is 4.98. The highest BCUT2D eigenvalue weighted by Crippen LogP contribution is 2.51. The number of hydrogen-bond donors (Lipinski definition) is 1. The molecule has 3 aromatic rings. The maximum Gasteiger partial charge on any atom is 0.185 e. The van der Waals surface area contributed by atoms with Gasteiger partial charge in [0, 0.05) is 11.1 Å². The molecule has 0 atom stereocenters. The molecular weight excluding hydrogens is 276 g/mol. The molecule has 22 heavy (non-hydrogen) atoms. The SMILES string of the molecule is OOC1(c2ccccc2)c2ccccc2Oc2ccccc21. The number of para-hydroxylation sites is 2. The van der Waals surface area contributed by atoms with Crippen molar-refractivity contribution in [2.75, 3.05) is 0 Å². The Hall–Kier alpha value is -2.62. The number of rotatable bonds is 2. The number of benzene rings is 3. The summed E-state index contributed by atoms with van der Waals surface area (Å²) in [6.45, 7) is 0. The zero-order valence-corrected chi connectivity index (χ0v) is 11.8. The van der Waals surface area contributed by atoms with Crippen LogP contribution in [-0.2, 0) is 10.5 Å². The summed E-state index contributed by atoms with van der Waals surface area (Å²) >= 11 is 0. The summed E-state index contributed by atoms with van der Waals surface area (Å²) in [6, 6.07) is 24.9. The van der Waals surface area contributed by atoms with Crippen molar-refractivity contribution in [3.8, 4) is 11.5 Å². The van der Waals surface area contributed by atoms with E-state index in [1.165, 1.54) is 0 Å². The first-order valence-corrected chi connectivity index (χ1v) is 7.11. The maximum absolute atomic E-state index is 9.93. The third-order valence-corrected chi connectivity index (χ3v) is 4.07. The van der Waals surface area contributed by atoms with Crippen LogP contribution in [0.4, 0.5) is 0 Å². The summed E-state index contributed by atoms with van der Waals surface area (Å²) in [7, 11) is 0. The molecule has 0 unspecified atom stereocenters. The van der Waals surface area contributed by atoms with Crippen LogP contribution in [0, 0.1) is 0 Å². The Labute approximate surface area is 128 Å². The minimum Gasteiger partial charge on any atom is -0.457 e. The second-order valence-electron chi connectivity index (χ2n) is 5.23. The zero-order chi connectivity index (χ0) is 15.0. The van der Waals surface area contributed by atoms with Crippen LogP contribution in [0.3, 0.4) is 0 Å². The van der Waals surface area contributed by atoms with Gasteiger partial charge in [-0.25, -0.2) is 4.89 Å². The fraction of sp³-hybridized carbons (Fsp3) is 0.0526. The molecule has 1 N–H and O–H groups in total. The molecule has 0 aliphatic carbocycles. The van der Waals surface area contributed by atoms with E-state index >= 15 is 0 Å². The Morgan fingerprint density at radius 3 is 1.73 bits per heavy atom. The molecule has 3 aromatic carbocycles. The van der Waals surface area contributed by atoms with E-state index in [9.17, 15) is 5.26 Å². The summed E-state index contributed by atoms with van der Waals surface area (Å²) in [6.07, 6.45) is 0. The molecular formula is C19H14O3. The molecule has 1 heterocycles. The Balaban J connectivity index is 2.09. The van der Waals surface area contributed by atoms with E-state index in [-0.39, 0.29) is 0 Å². The Morgan fingerprint density at radius 2 is 1.18 bits per heavy atom. The number of hydrogen-bond acceptors (Lipinski definition) is 3. The average Bonchev–Trinajstić information content (AvgIpc) is 2.60. The molecule has 0 aromatic heterocycles. The minimum absolute atomic E-state index is 0.680. The largest absolute Gasteiger partial charge is 0.457 e. The Kier molecular flexibility index (Phi) is 2.96. The van der Waals surface area contributed by atoms with Crippen molar-refractivity contribution < 1.29 is 14.9 Å². The molecule has 3 heteroatoms. The van der Waals surface area contributed by atoms with Gasteiger partial charge in [-0.3, -0.25) is 5.26 Å². The van der Waals surface area contributed by atoms with Crippen LogP contribution in [0.1, 0.15) is 16.7 Å². The van der Waals surface area contributed by atoms with Gasteiger partial charge in [0.1, 0.15) is 11.5 Å². The molecule has 0 saturated carbocycles. The van der Waals surface area contributed by atoms with Crippen molar-refractivity contribution in [1.82, 2.24) is 0 Å². The quantitative estimate of drug-likeness (QED) is 0.555. The molecule has 0 spiro atoms. The maximum atomic E-state index is 9.93. The normalized spacial score (nSPS) is 14.6. The highest BCUT2D eigenvalue weighted by Gasteiger charge is 2.45.